The Balaban J connectivity index is 2.32. The lowest BCUT2D eigenvalue weighted by molar-refractivity contribution is -0.120. The van der Waals surface area contributed by atoms with Crippen LogP contribution in [0.2, 0.25) is 0 Å². The smallest absolute Gasteiger partial charge is 0.245 e. The molecule has 0 bridgehead atoms. The number of nitrogens with zero attached hydrogens (tertiary/aromatic N) is 2. The van der Waals surface area contributed by atoms with Gasteiger partial charge in [0.05, 0.1) is 13.1 Å². The van der Waals surface area contributed by atoms with Crippen molar-refractivity contribution in [2.45, 2.75) is 11.3 Å². The van der Waals surface area contributed by atoms with Crippen LogP contribution in [0.3, 0.4) is 0 Å². The van der Waals surface area contributed by atoms with Gasteiger partial charge in [-0.2, -0.15) is 4.31 Å². The second-order valence-corrected chi connectivity index (χ2v) is 6.40. The zero-order chi connectivity index (χ0) is 15.3. The summed E-state index contributed by atoms with van der Waals surface area (Å²) in [5, 5.41) is 2.64. The van der Waals surface area contributed by atoms with E-state index in [1.54, 1.807) is 0 Å². The first kappa shape index (κ1) is 15.4. The number of aromatic nitrogens is 1. The predicted molar refractivity (Wildman–Crippen MR) is 76.6 cm³/mol. The van der Waals surface area contributed by atoms with E-state index in [1.807, 2.05) is 0 Å². The maximum Gasteiger partial charge on any atom is 0.245 e. The van der Waals surface area contributed by atoms with Gasteiger partial charge in [0, 0.05) is 31.0 Å². The summed E-state index contributed by atoms with van der Waals surface area (Å²) >= 11 is 0. The second-order valence-electron chi connectivity index (χ2n) is 4.46. The van der Waals surface area contributed by atoms with E-state index in [4.69, 9.17) is 5.73 Å². The van der Waals surface area contributed by atoms with Crippen LogP contribution in [0.4, 0.5) is 0 Å². The minimum atomic E-state index is -3.75. The third-order valence-corrected chi connectivity index (χ3v) is 4.72. The zero-order valence-corrected chi connectivity index (χ0v) is 12.2. The number of hydrogen-bond acceptors (Lipinski definition) is 5. The summed E-state index contributed by atoms with van der Waals surface area (Å²) < 4.78 is 26.2. The van der Waals surface area contributed by atoms with Crippen molar-refractivity contribution < 1.29 is 13.2 Å². The quantitative estimate of drug-likeness (QED) is 0.675. The highest BCUT2D eigenvalue weighted by atomic mass is 32.2. The topological polar surface area (TPSA) is 105 Å². The Kier molecular flexibility index (Phi) is 4.90. The highest BCUT2D eigenvalue weighted by Crippen LogP contribution is 2.16. The van der Waals surface area contributed by atoms with Gasteiger partial charge in [-0.05, 0) is 12.5 Å². The van der Waals surface area contributed by atoms with Gasteiger partial charge in [-0.1, -0.05) is 11.8 Å². The Hall–Kier alpha value is -1.95. The lowest BCUT2D eigenvalue weighted by Gasteiger charge is -2.18. The number of hydrogen-bond donors (Lipinski definition) is 2. The van der Waals surface area contributed by atoms with Gasteiger partial charge in [0.25, 0.3) is 0 Å². The fraction of sp³-hybridized carbons (Fsp3) is 0.385. The molecule has 8 heteroatoms. The summed E-state index contributed by atoms with van der Waals surface area (Å²) in [4.78, 5) is 15.4. The molecule has 0 aromatic carbocycles. The van der Waals surface area contributed by atoms with Gasteiger partial charge in [0.2, 0.25) is 15.9 Å². The Morgan fingerprint density at radius 2 is 2.24 bits per heavy atom. The zero-order valence-electron chi connectivity index (χ0n) is 11.4. The van der Waals surface area contributed by atoms with Crippen molar-refractivity contribution in [1.29, 1.82) is 0 Å². The van der Waals surface area contributed by atoms with Gasteiger partial charge in [0.15, 0.2) is 0 Å². The standard InChI is InChI=1S/C13H16N4O3S/c14-4-1-3-11-7-12(9-15-8-11)21(19,20)17-6-2-5-16-13(18)10-17/h7-9H,2,4-6,10,14H2,(H,16,18). The highest BCUT2D eigenvalue weighted by Gasteiger charge is 2.28. The normalized spacial score (nSPS) is 16.5. The third kappa shape index (κ3) is 3.78. The van der Waals surface area contributed by atoms with Crippen molar-refractivity contribution in [3.63, 3.8) is 0 Å². The number of carbonyl (C=O) groups excluding carboxylic acids is 1. The van der Waals surface area contributed by atoms with Crippen molar-refractivity contribution in [2.24, 2.45) is 5.73 Å². The van der Waals surface area contributed by atoms with Gasteiger partial charge >= 0.3 is 0 Å². The number of nitrogens with one attached hydrogen (secondary N) is 1. The molecule has 1 aliphatic rings. The van der Waals surface area contributed by atoms with E-state index >= 15 is 0 Å². The molecule has 112 valence electrons. The summed E-state index contributed by atoms with van der Waals surface area (Å²) in [5.41, 5.74) is 5.76. The summed E-state index contributed by atoms with van der Waals surface area (Å²) in [6, 6.07) is 1.44. The molecule has 1 aromatic rings. The minimum absolute atomic E-state index is 0.0287. The Bertz CT molecular complexity index is 691. The minimum Gasteiger partial charge on any atom is -0.355 e. The summed E-state index contributed by atoms with van der Waals surface area (Å²) in [7, 11) is -3.75. The van der Waals surface area contributed by atoms with Crippen LogP contribution in [-0.4, -0.2) is 49.8 Å². The predicted octanol–water partition coefficient (Wildman–Crippen LogP) is -1.10. The number of amides is 1. The van der Waals surface area contributed by atoms with Crippen molar-refractivity contribution in [3.05, 3.63) is 24.0 Å². The van der Waals surface area contributed by atoms with Crippen molar-refractivity contribution in [2.75, 3.05) is 26.2 Å². The molecular weight excluding hydrogens is 292 g/mol. The Morgan fingerprint density at radius 1 is 1.43 bits per heavy atom. The maximum atomic E-state index is 12.5. The molecule has 1 aliphatic heterocycles. The summed E-state index contributed by atoms with van der Waals surface area (Å²) in [6.07, 6.45) is 3.30. The van der Waals surface area contributed by atoms with Crippen LogP contribution < -0.4 is 11.1 Å². The van der Waals surface area contributed by atoms with Gasteiger partial charge in [-0.3, -0.25) is 9.78 Å². The van der Waals surface area contributed by atoms with Crippen molar-refractivity contribution in [1.82, 2.24) is 14.6 Å². The maximum absolute atomic E-state index is 12.5. The molecule has 0 unspecified atom stereocenters. The molecule has 0 atom stereocenters. The van der Waals surface area contributed by atoms with Crippen LogP contribution in [-0.2, 0) is 14.8 Å². The van der Waals surface area contributed by atoms with Crippen LogP contribution in [0.1, 0.15) is 12.0 Å². The molecule has 0 aliphatic carbocycles. The molecule has 1 aromatic heterocycles. The van der Waals surface area contributed by atoms with E-state index in [0.29, 0.717) is 25.1 Å². The molecule has 21 heavy (non-hydrogen) atoms. The van der Waals surface area contributed by atoms with E-state index in [2.05, 4.69) is 22.1 Å². The van der Waals surface area contributed by atoms with Gasteiger partial charge in [-0.15, -0.1) is 0 Å². The molecule has 0 radical (unpaired) electrons. The second kappa shape index (κ2) is 6.67. The van der Waals surface area contributed by atoms with E-state index < -0.39 is 10.0 Å². The van der Waals surface area contributed by atoms with Crippen LogP contribution in [0.15, 0.2) is 23.4 Å². The van der Waals surface area contributed by atoms with Crippen LogP contribution >= 0.6 is 0 Å². The number of sulfonamides is 1. The third-order valence-electron chi connectivity index (χ3n) is 2.91. The number of pyridine rings is 1. The average molecular weight is 308 g/mol. The molecule has 1 saturated heterocycles. The molecule has 3 N–H and O–H groups in total. The Labute approximate surface area is 123 Å². The summed E-state index contributed by atoms with van der Waals surface area (Å²) in [5.74, 6) is 5.08. The molecule has 0 saturated carbocycles. The average Bonchev–Trinajstić information content (AvgIpc) is 2.70. The molecule has 7 nitrogen and oxygen atoms in total. The molecule has 1 amide bonds. The number of nitrogens with two attached hydrogens (primary N) is 1. The fourth-order valence-electron chi connectivity index (χ4n) is 1.91. The summed E-state index contributed by atoms with van der Waals surface area (Å²) in [6.45, 7) is 0.773. The van der Waals surface area contributed by atoms with Crippen LogP contribution in [0, 0.1) is 11.8 Å². The fourth-order valence-corrected chi connectivity index (χ4v) is 3.34. The van der Waals surface area contributed by atoms with Gasteiger partial charge in [-0.25, -0.2) is 8.42 Å². The van der Waals surface area contributed by atoms with Gasteiger partial charge in [0.1, 0.15) is 4.90 Å². The largest absolute Gasteiger partial charge is 0.355 e. The number of carbonyl (C=O) groups is 1. The monoisotopic (exact) mass is 308 g/mol. The molecule has 2 rings (SSSR count). The Morgan fingerprint density at radius 3 is 3.00 bits per heavy atom. The van der Waals surface area contributed by atoms with Crippen LogP contribution in [0.5, 0.6) is 0 Å². The van der Waals surface area contributed by atoms with E-state index in [-0.39, 0.29) is 23.9 Å². The first-order chi connectivity index (χ1) is 10.0. The van der Waals surface area contributed by atoms with Gasteiger partial charge < -0.3 is 11.1 Å². The number of rotatable bonds is 2. The molecule has 0 spiro atoms. The first-order valence-corrected chi connectivity index (χ1v) is 7.89. The first-order valence-electron chi connectivity index (χ1n) is 6.45. The molecular formula is C13H16N4O3S. The SMILES string of the molecule is NCC#Cc1cncc(S(=O)(=O)N2CCCNC(=O)C2)c1. The van der Waals surface area contributed by atoms with E-state index in [1.165, 1.54) is 18.5 Å². The van der Waals surface area contributed by atoms with Crippen LogP contribution in [0.25, 0.3) is 0 Å². The van der Waals surface area contributed by atoms with E-state index in [0.717, 1.165) is 4.31 Å². The lowest BCUT2D eigenvalue weighted by atomic mass is 10.3. The molecule has 1 fully saturated rings. The van der Waals surface area contributed by atoms with E-state index in [9.17, 15) is 13.2 Å². The van der Waals surface area contributed by atoms with Crippen molar-refractivity contribution >= 4 is 15.9 Å². The molecule has 2 heterocycles. The lowest BCUT2D eigenvalue weighted by Crippen LogP contribution is -2.37. The highest BCUT2D eigenvalue weighted by molar-refractivity contribution is 7.89. The van der Waals surface area contributed by atoms with Crippen molar-refractivity contribution in [3.8, 4) is 11.8 Å².